The van der Waals surface area contributed by atoms with E-state index < -0.39 is 81.7 Å². The summed E-state index contributed by atoms with van der Waals surface area (Å²) in [7, 11) is -5.10. The lowest BCUT2D eigenvalue weighted by atomic mass is 9.96. The number of carboxylic acid groups (broad SMARTS) is 2. The van der Waals surface area contributed by atoms with Crippen molar-refractivity contribution in [3.8, 4) is 0 Å². The smallest absolute Gasteiger partial charge is 0.474 e. The monoisotopic (exact) mass is 685 g/mol. The number of carboxylic acids is 2. The number of phosphoric acid groups is 1. The van der Waals surface area contributed by atoms with E-state index in [1.807, 2.05) is 0 Å². The average Bonchev–Trinajstić information content (AvgIpc) is 2.98. The van der Waals surface area contributed by atoms with E-state index in [4.69, 9.17) is 23.3 Å². The zero-order valence-electron chi connectivity index (χ0n) is 27.4. The molecule has 0 spiro atoms. The SMILES string of the molecule is CCCCCCCCCCCCCCCCO[C@H](COP(=O)(O)O[C@H]1O[C@H](CO)[C@@H](O)[C@H](O[C@H](C)C(=O)O)[C@H]1NC(C)=O)C(=O)O. The number of aliphatic hydroxyl groups is 2. The minimum absolute atomic E-state index is 0.0993. The highest BCUT2D eigenvalue weighted by molar-refractivity contribution is 7.47. The van der Waals surface area contributed by atoms with E-state index in [0.717, 1.165) is 39.5 Å². The number of ether oxygens (including phenoxy) is 3. The second-order valence-corrected chi connectivity index (χ2v) is 13.1. The molecule has 270 valence electrons. The van der Waals surface area contributed by atoms with Gasteiger partial charge < -0.3 is 44.8 Å². The Balaban J connectivity index is 2.52. The fourth-order valence-corrected chi connectivity index (χ4v) is 5.87. The third-order valence-corrected chi connectivity index (χ3v) is 8.60. The molecule has 1 saturated heterocycles. The van der Waals surface area contributed by atoms with Crippen molar-refractivity contribution in [3.63, 3.8) is 0 Å². The van der Waals surface area contributed by atoms with Gasteiger partial charge in [0.25, 0.3) is 0 Å². The summed E-state index contributed by atoms with van der Waals surface area (Å²) < 4.78 is 38.8. The Kier molecular flexibility index (Phi) is 21.7. The maximum atomic E-state index is 12.8. The van der Waals surface area contributed by atoms with Crippen LogP contribution in [-0.2, 0) is 42.2 Å². The normalized spacial score (nSPS) is 24.2. The molecule has 6 N–H and O–H groups in total. The number of phosphoric ester groups is 1. The first-order chi connectivity index (χ1) is 21.8. The van der Waals surface area contributed by atoms with Gasteiger partial charge in [0.15, 0.2) is 18.5 Å². The molecule has 0 aromatic carbocycles. The summed E-state index contributed by atoms with van der Waals surface area (Å²) in [6, 6.07) is -1.52. The number of aliphatic carboxylic acids is 2. The van der Waals surface area contributed by atoms with Gasteiger partial charge in [-0.1, -0.05) is 90.4 Å². The Bertz CT molecular complexity index is 924. The highest BCUT2D eigenvalue weighted by Crippen LogP contribution is 2.47. The van der Waals surface area contributed by atoms with Crippen LogP contribution in [-0.4, -0.2) is 106 Å². The molecule has 1 fully saturated rings. The second-order valence-electron chi connectivity index (χ2n) is 11.7. The number of hydrogen-bond acceptors (Lipinski definition) is 11. The molecule has 46 heavy (non-hydrogen) atoms. The molecule has 0 saturated carbocycles. The standard InChI is InChI=1S/C30H56NO14P/c1-4-5-6-7-8-9-10-11-12-13-14-15-16-17-18-41-24(29(37)38)20-42-46(39,40)45-30-25(31-22(3)33)27(43-21(2)28(35)36)26(34)23(19-32)44-30/h21,23-27,30,32,34H,4-20H2,1-3H3,(H,31,33)(H,35,36)(H,37,38)(H,39,40)/t21-,23-,24-,25-,26-,27-,30-/m1/s1. The Labute approximate surface area is 271 Å². The maximum Gasteiger partial charge on any atom is 0.474 e. The maximum absolute atomic E-state index is 12.8. The van der Waals surface area contributed by atoms with Crippen molar-refractivity contribution in [1.29, 1.82) is 0 Å². The van der Waals surface area contributed by atoms with E-state index in [2.05, 4.69) is 12.2 Å². The molecular formula is C30H56NO14P. The summed E-state index contributed by atoms with van der Waals surface area (Å²) in [6.07, 6.45) is 6.69. The van der Waals surface area contributed by atoms with E-state index >= 15 is 0 Å². The molecule has 1 unspecified atom stereocenters. The number of carbonyl (C=O) groups is 3. The van der Waals surface area contributed by atoms with Crippen LogP contribution in [0.5, 0.6) is 0 Å². The Morgan fingerprint density at radius 3 is 1.87 bits per heavy atom. The van der Waals surface area contributed by atoms with Gasteiger partial charge in [-0.3, -0.25) is 13.8 Å². The fourth-order valence-electron chi connectivity index (χ4n) is 5.04. The summed E-state index contributed by atoms with van der Waals surface area (Å²) in [4.78, 5) is 45.2. The van der Waals surface area contributed by atoms with Crippen LogP contribution in [0.2, 0.25) is 0 Å². The lowest BCUT2D eigenvalue weighted by Crippen LogP contribution is -2.65. The van der Waals surface area contributed by atoms with Crippen molar-refractivity contribution in [1.82, 2.24) is 5.32 Å². The van der Waals surface area contributed by atoms with Crippen LogP contribution in [0.4, 0.5) is 0 Å². The first-order valence-electron chi connectivity index (χ1n) is 16.4. The number of nitrogens with one attached hydrogen (secondary N) is 1. The van der Waals surface area contributed by atoms with Gasteiger partial charge in [-0.25, -0.2) is 14.2 Å². The first-order valence-corrected chi connectivity index (χ1v) is 17.9. The van der Waals surface area contributed by atoms with E-state index in [1.165, 1.54) is 57.8 Å². The predicted molar refractivity (Wildman–Crippen MR) is 166 cm³/mol. The Morgan fingerprint density at radius 2 is 1.41 bits per heavy atom. The zero-order chi connectivity index (χ0) is 34.5. The molecule has 0 radical (unpaired) electrons. The summed E-state index contributed by atoms with van der Waals surface area (Å²) in [5.41, 5.74) is 0. The number of hydrogen-bond donors (Lipinski definition) is 6. The molecule has 16 heteroatoms. The van der Waals surface area contributed by atoms with Crippen molar-refractivity contribution in [2.24, 2.45) is 0 Å². The molecule has 0 aromatic heterocycles. The lowest BCUT2D eigenvalue weighted by Gasteiger charge is -2.44. The highest BCUT2D eigenvalue weighted by atomic mass is 31.2. The number of aliphatic hydroxyl groups excluding tert-OH is 2. The number of carbonyl (C=O) groups excluding carboxylic acids is 1. The van der Waals surface area contributed by atoms with Crippen molar-refractivity contribution in [2.45, 2.75) is 154 Å². The van der Waals surface area contributed by atoms with E-state index in [0.29, 0.717) is 6.42 Å². The van der Waals surface area contributed by atoms with Gasteiger partial charge in [0.1, 0.15) is 24.4 Å². The molecule has 0 bridgehead atoms. The fraction of sp³-hybridized carbons (Fsp3) is 0.900. The van der Waals surface area contributed by atoms with Gasteiger partial charge in [0, 0.05) is 13.5 Å². The van der Waals surface area contributed by atoms with Gasteiger partial charge in [0.05, 0.1) is 13.2 Å². The third kappa shape index (κ3) is 17.5. The minimum Gasteiger partial charge on any atom is -0.479 e. The lowest BCUT2D eigenvalue weighted by molar-refractivity contribution is -0.262. The van der Waals surface area contributed by atoms with Crippen LogP contribution in [0.3, 0.4) is 0 Å². The summed E-state index contributed by atoms with van der Waals surface area (Å²) in [5, 5.41) is 41.2. The zero-order valence-corrected chi connectivity index (χ0v) is 28.3. The largest absolute Gasteiger partial charge is 0.479 e. The second kappa shape index (κ2) is 23.6. The van der Waals surface area contributed by atoms with Crippen molar-refractivity contribution in [2.75, 3.05) is 19.8 Å². The summed E-state index contributed by atoms with van der Waals surface area (Å²) in [5.74, 6) is -3.52. The summed E-state index contributed by atoms with van der Waals surface area (Å²) in [6.45, 7) is 2.88. The predicted octanol–water partition coefficient (Wildman–Crippen LogP) is 3.51. The number of amides is 1. The highest BCUT2D eigenvalue weighted by Gasteiger charge is 2.50. The van der Waals surface area contributed by atoms with Gasteiger partial charge in [-0.2, -0.15) is 0 Å². The average molecular weight is 686 g/mol. The van der Waals surface area contributed by atoms with Gasteiger partial charge in [0.2, 0.25) is 5.91 Å². The number of unbranched alkanes of at least 4 members (excludes halogenated alkanes) is 13. The molecule has 15 nitrogen and oxygen atoms in total. The molecule has 0 aromatic rings. The molecule has 1 rings (SSSR count). The van der Waals surface area contributed by atoms with Gasteiger partial charge in [-0.15, -0.1) is 0 Å². The van der Waals surface area contributed by atoms with Crippen LogP contribution in [0.25, 0.3) is 0 Å². The van der Waals surface area contributed by atoms with Gasteiger partial charge >= 0.3 is 19.8 Å². The van der Waals surface area contributed by atoms with Gasteiger partial charge in [-0.05, 0) is 13.3 Å². The summed E-state index contributed by atoms with van der Waals surface area (Å²) >= 11 is 0. The third-order valence-electron chi connectivity index (χ3n) is 7.65. The Morgan fingerprint density at radius 1 is 0.891 bits per heavy atom. The first kappa shape index (κ1) is 42.3. The molecular weight excluding hydrogens is 629 g/mol. The quantitative estimate of drug-likeness (QED) is 0.0537. The van der Waals surface area contributed by atoms with Crippen LogP contribution < -0.4 is 5.32 Å². The van der Waals surface area contributed by atoms with Crippen LogP contribution in [0.15, 0.2) is 0 Å². The molecule has 1 aliphatic rings. The topological polar surface area (TPSA) is 228 Å². The van der Waals surface area contributed by atoms with Crippen LogP contribution >= 0.6 is 7.82 Å². The minimum atomic E-state index is -5.10. The molecule has 1 heterocycles. The number of rotatable bonds is 27. The van der Waals surface area contributed by atoms with Crippen molar-refractivity contribution in [3.05, 3.63) is 0 Å². The Hall–Kier alpha value is -1.68. The molecule has 1 amide bonds. The van der Waals surface area contributed by atoms with E-state index in [9.17, 15) is 44.3 Å². The molecule has 8 atom stereocenters. The molecule has 0 aliphatic carbocycles. The van der Waals surface area contributed by atoms with E-state index in [-0.39, 0.29) is 6.61 Å². The van der Waals surface area contributed by atoms with Crippen molar-refractivity contribution < 1.29 is 67.5 Å². The van der Waals surface area contributed by atoms with Crippen molar-refractivity contribution >= 4 is 25.7 Å². The van der Waals surface area contributed by atoms with E-state index in [1.54, 1.807) is 0 Å². The molecule has 1 aliphatic heterocycles. The van der Waals surface area contributed by atoms with Crippen LogP contribution in [0.1, 0.15) is 111 Å². The van der Waals surface area contributed by atoms with Crippen LogP contribution in [0, 0.1) is 0 Å².